The molecule has 21 heavy (non-hydrogen) atoms. The van der Waals surface area contributed by atoms with Crippen molar-refractivity contribution in [3.63, 3.8) is 0 Å². The predicted octanol–water partition coefficient (Wildman–Crippen LogP) is 2.17. The minimum absolute atomic E-state index is 0.00966. The van der Waals surface area contributed by atoms with Gasteiger partial charge in [-0.2, -0.15) is 5.10 Å². The van der Waals surface area contributed by atoms with Crippen molar-refractivity contribution in [1.29, 1.82) is 0 Å². The second-order valence-electron chi connectivity index (χ2n) is 6.94. The first-order chi connectivity index (χ1) is 10.1. The zero-order valence-electron chi connectivity index (χ0n) is 13.3. The van der Waals surface area contributed by atoms with Gasteiger partial charge in [0.2, 0.25) is 0 Å². The fourth-order valence-corrected chi connectivity index (χ4v) is 4.22. The molecule has 1 aromatic heterocycles. The Morgan fingerprint density at radius 3 is 2.48 bits per heavy atom. The van der Waals surface area contributed by atoms with Crippen LogP contribution in [0.5, 0.6) is 0 Å². The summed E-state index contributed by atoms with van der Waals surface area (Å²) < 4.78 is 1.94. The van der Waals surface area contributed by atoms with Gasteiger partial charge >= 0.3 is 0 Å². The molecule has 1 unspecified atom stereocenters. The van der Waals surface area contributed by atoms with E-state index in [0.717, 1.165) is 31.8 Å². The molecule has 2 heterocycles. The molecule has 1 aliphatic heterocycles. The van der Waals surface area contributed by atoms with Crippen LogP contribution in [0.2, 0.25) is 0 Å². The molecule has 118 valence electrons. The van der Waals surface area contributed by atoms with Gasteiger partial charge in [0.25, 0.3) is 0 Å². The molecule has 1 saturated heterocycles. The summed E-state index contributed by atoms with van der Waals surface area (Å²) in [4.78, 5) is 6.94. The predicted molar refractivity (Wildman–Crippen MR) is 82.1 cm³/mol. The molecular weight excluding hydrogens is 264 g/mol. The van der Waals surface area contributed by atoms with Gasteiger partial charge in [-0.05, 0) is 52.6 Å². The second kappa shape index (κ2) is 6.05. The van der Waals surface area contributed by atoms with Gasteiger partial charge in [0.1, 0.15) is 12.2 Å². The smallest absolute Gasteiger partial charge is 0.138 e. The SMILES string of the molecule is CC(C)n1ncnc1CC(O)C1(N2CCCC2)CCCC1. The maximum Gasteiger partial charge on any atom is 0.138 e. The largest absolute Gasteiger partial charge is 0.391 e. The van der Waals surface area contributed by atoms with Crippen LogP contribution in [0.25, 0.3) is 0 Å². The summed E-state index contributed by atoms with van der Waals surface area (Å²) >= 11 is 0. The monoisotopic (exact) mass is 292 g/mol. The molecule has 0 spiro atoms. The molecule has 2 aliphatic rings. The van der Waals surface area contributed by atoms with Gasteiger partial charge in [-0.1, -0.05) is 12.8 Å². The van der Waals surface area contributed by atoms with Gasteiger partial charge in [0.05, 0.1) is 6.10 Å². The average molecular weight is 292 g/mol. The van der Waals surface area contributed by atoms with Crippen molar-refractivity contribution in [3.05, 3.63) is 12.2 Å². The van der Waals surface area contributed by atoms with Gasteiger partial charge in [-0.25, -0.2) is 9.67 Å². The second-order valence-corrected chi connectivity index (χ2v) is 6.94. The van der Waals surface area contributed by atoms with E-state index in [1.165, 1.54) is 25.7 Å². The summed E-state index contributed by atoms with van der Waals surface area (Å²) in [7, 11) is 0. The summed E-state index contributed by atoms with van der Waals surface area (Å²) in [5.41, 5.74) is -0.00966. The van der Waals surface area contributed by atoms with E-state index in [9.17, 15) is 5.11 Å². The number of hydrogen-bond acceptors (Lipinski definition) is 4. The Morgan fingerprint density at radius 2 is 1.86 bits per heavy atom. The van der Waals surface area contributed by atoms with Crippen molar-refractivity contribution in [1.82, 2.24) is 19.7 Å². The topological polar surface area (TPSA) is 54.2 Å². The molecule has 0 amide bonds. The summed E-state index contributed by atoms with van der Waals surface area (Å²) in [5.74, 6) is 0.919. The lowest BCUT2D eigenvalue weighted by Crippen LogP contribution is -2.54. The minimum atomic E-state index is -0.334. The van der Waals surface area contributed by atoms with E-state index in [4.69, 9.17) is 0 Å². The maximum atomic E-state index is 11.0. The van der Waals surface area contributed by atoms with Crippen LogP contribution in [-0.2, 0) is 6.42 Å². The lowest BCUT2D eigenvalue weighted by molar-refractivity contribution is -0.0187. The van der Waals surface area contributed by atoms with Gasteiger partial charge < -0.3 is 5.11 Å². The number of nitrogens with zero attached hydrogens (tertiary/aromatic N) is 4. The van der Waals surface area contributed by atoms with Crippen LogP contribution in [0.4, 0.5) is 0 Å². The number of hydrogen-bond donors (Lipinski definition) is 1. The quantitative estimate of drug-likeness (QED) is 0.903. The molecular formula is C16H28N4O. The highest BCUT2D eigenvalue weighted by Gasteiger charge is 2.46. The first-order valence-electron chi connectivity index (χ1n) is 8.45. The van der Waals surface area contributed by atoms with Crippen molar-refractivity contribution < 1.29 is 5.11 Å². The van der Waals surface area contributed by atoms with Crippen molar-refractivity contribution in [2.45, 2.75) is 76.5 Å². The number of aromatic nitrogens is 3. The molecule has 1 saturated carbocycles. The molecule has 1 aliphatic carbocycles. The number of rotatable bonds is 5. The summed E-state index contributed by atoms with van der Waals surface area (Å²) in [5, 5.41) is 15.3. The Morgan fingerprint density at radius 1 is 1.19 bits per heavy atom. The highest BCUT2D eigenvalue weighted by Crippen LogP contribution is 2.40. The van der Waals surface area contributed by atoms with Crippen LogP contribution in [0.1, 0.15) is 64.2 Å². The molecule has 0 bridgehead atoms. The molecule has 1 atom stereocenters. The number of aliphatic hydroxyl groups is 1. The minimum Gasteiger partial charge on any atom is -0.391 e. The van der Waals surface area contributed by atoms with Gasteiger partial charge in [-0.15, -0.1) is 0 Å². The van der Waals surface area contributed by atoms with E-state index in [0.29, 0.717) is 12.5 Å². The van der Waals surface area contributed by atoms with Crippen molar-refractivity contribution in [2.75, 3.05) is 13.1 Å². The van der Waals surface area contributed by atoms with Crippen molar-refractivity contribution in [3.8, 4) is 0 Å². The molecule has 2 fully saturated rings. The molecule has 0 radical (unpaired) electrons. The summed E-state index contributed by atoms with van der Waals surface area (Å²) in [6.45, 7) is 6.51. The van der Waals surface area contributed by atoms with Gasteiger partial charge in [0.15, 0.2) is 0 Å². The molecule has 1 N–H and O–H groups in total. The van der Waals surface area contributed by atoms with Crippen LogP contribution in [0.3, 0.4) is 0 Å². The zero-order chi connectivity index (χ0) is 14.9. The normalized spacial score (nSPS) is 24.0. The van der Waals surface area contributed by atoms with Crippen molar-refractivity contribution >= 4 is 0 Å². The van der Waals surface area contributed by atoms with Crippen LogP contribution in [0, 0.1) is 0 Å². The molecule has 0 aromatic carbocycles. The summed E-state index contributed by atoms with van der Waals surface area (Å²) in [6.07, 6.45) is 9.18. The van der Waals surface area contributed by atoms with E-state index in [2.05, 4.69) is 28.8 Å². The molecule has 5 heteroatoms. The van der Waals surface area contributed by atoms with Crippen LogP contribution in [-0.4, -0.2) is 49.5 Å². The molecule has 5 nitrogen and oxygen atoms in total. The summed E-state index contributed by atoms with van der Waals surface area (Å²) in [6, 6.07) is 0.293. The first kappa shape index (κ1) is 15.0. The third kappa shape index (κ3) is 2.73. The van der Waals surface area contributed by atoms with E-state index < -0.39 is 0 Å². The van der Waals surface area contributed by atoms with Gasteiger partial charge in [0, 0.05) is 18.0 Å². The Bertz CT molecular complexity index is 459. The Labute approximate surface area is 127 Å². The number of aliphatic hydroxyl groups excluding tert-OH is 1. The average Bonchev–Trinajstić information content (AvgIpc) is 3.20. The van der Waals surface area contributed by atoms with Gasteiger partial charge in [-0.3, -0.25) is 4.90 Å². The maximum absolute atomic E-state index is 11.0. The fourth-order valence-electron chi connectivity index (χ4n) is 4.22. The first-order valence-corrected chi connectivity index (χ1v) is 8.45. The Kier molecular flexibility index (Phi) is 4.31. The molecule has 3 rings (SSSR count). The molecule has 1 aromatic rings. The fraction of sp³-hybridized carbons (Fsp3) is 0.875. The van der Waals surface area contributed by atoms with Crippen LogP contribution >= 0.6 is 0 Å². The Hall–Kier alpha value is -0.940. The highest BCUT2D eigenvalue weighted by atomic mass is 16.3. The van der Waals surface area contributed by atoms with Crippen LogP contribution in [0.15, 0.2) is 6.33 Å². The lowest BCUT2D eigenvalue weighted by atomic mass is 9.86. The van der Waals surface area contributed by atoms with E-state index in [1.807, 2.05) is 4.68 Å². The lowest BCUT2D eigenvalue weighted by Gasteiger charge is -2.42. The van der Waals surface area contributed by atoms with E-state index in [-0.39, 0.29) is 11.6 Å². The zero-order valence-corrected chi connectivity index (χ0v) is 13.3. The van der Waals surface area contributed by atoms with E-state index >= 15 is 0 Å². The third-order valence-electron chi connectivity index (χ3n) is 5.34. The standard InChI is InChI=1S/C16H28N4O/c1-13(2)20-15(17-12-18-20)11-14(21)16(7-3-4-8-16)19-9-5-6-10-19/h12-14,21H,3-11H2,1-2H3. The van der Waals surface area contributed by atoms with Crippen molar-refractivity contribution in [2.24, 2.45) is 0 Å². The van der Waals surface area contributed by atoms with Crippen LogP contribution < -0.4 is 0 Å². The van der Waals surface area contributed by atoms with E-state index in [1.54, 1.807) is 6.33 Å². The number of likely N-dealkylation sites (tertiary alicyclic amines) is 1. The Balaban J connectivity index is 1.78. The third-order valence-corrected chi connectivity index (χ3v) is 5.34. The highest BCUT2D eigenvalue weighted by molar-refractivity contribution is 5.05.